The lowest BCUT2D eigenvalue weighted by atomic mass is 10.1. The van der Waals surface area contributed by atoms with Gasteiger partial charge in [0.2, 0.25) is 15.0 Å². The van der Waals surface area contributed by atoms with Crippen LogP contribution >= 0.6 is 26.6 Å². The van der Waals surface area contributed by atoms with Gasteiger partial charge in [0.05, 0.1) is 73.3 Å². The molecule has 2 N–H and O–H groups in total. The first kappa shape index (κ1) is 46.8. The summed E-state index contributed by atoms with van der Waals surface area (Å²) in [5, 5.41) is 0. The summed E-state index contributed by atoms with van der Waals surface area (Å²) in [6.07, 6.45) is 5.64. The number of anilines is 3. The maximum atomic E-state index is 13.1. The summed E-state index contributed by atoms with van der Waals surface area (Å²) in [4.78, 5) is 13.1. The van der Waals surface area contributed by atoms with Crippen LogP contribution in [-0.2, 0) is 52.4 Å². The first-order valence-electron chi connectivity index (χ1n) is 19.9. The molecule has 0 amide bonds. The molecule has 8 rings (SSSR count). The van der Waals surface area contributed by atoms with Crippen LogP contribution in [0.3, 0.4) is 0 Å². The molecule has 3 atom stereocenters. The molecule has 5 fully saturated rings. The van der Waals surface area contributed by atoms with Crippen molar-refractivity contribution in [2.45, 2.75) is 29.1 Å². The highest BCUT2D eigenvalue weighted by atomic mass is 79.9. The molecule has 60 heavy (non-hydrogen) atoms. The minimum Gasteiger partial charge on any atom is -0.381 e. The van der Waals surface area contributed by atoms with Gasteiger partial charge in [-0.3, -0.25) is 0 Å². The van der Waals surface area contributed by atoms with Gasteiger partial charge in [-0.1, -0.05) is 15.9 Å². The molecule has 0 saturated carbocycles. The number of sulfone groups is 2. The van der Waals surface area contributed by atoms with Crippen LogP contribution in [0.15, 0.2) is 63.1 Å². The molecule has 0 bridgehead atoms. The van der Waals surface area contributed by atoms with Gasteiger partial charge in [0.25, 0.3) is 0 Å². The first-order chi connectivity index (χ1) is 28.6. The minimum atomic E-state index is -3.45. The summed E-state index contributed by atoms with van der Waals surface area (Å²) in [6.45, 7) is 9.14. The van der Waals surface area contributed by atoms with Gasteiger partial charge < -0.3 is 39.2 Å². The van der Waals surface area contributed by atoms with Gasteiger partial charge in [-0.05, 0) is 79.0 Å². The molecule has 5 saturated heterocycles. The van der Waals surface area contributed by atoms with Crippen molar-refractivity contribution < 1.29 is 48.9 Å². The Morgan fingerprint density at radius 2 is 1.02 bits per heavy atom. The maximum Gasteiger partial charge on any atom is 0.232 e. The van der Waals surface area contributed by atoms with E-state index >= 15 is 0 Å². The molecule has 21 heteroatoms. The number of halogens is 2. The molecule has 0 radical (unpaired) electrons. The number of morpholine rings is 2. The fourth-order valence-electron chi connectivity index (χ4n) is 7.39. The SMILES string of the molecule is Nc1ncc(-c2cc(N3CCOCC3)cc(S(=O)(=O)CC3CCOC3)c2)cn1.O=S(=O)(CC1CCOC1)c1cc(Br)cc(N2CCOCC2)c1.O=S(=O)(Cl)CC1CCOC1. The monoisotopic (exact) mass is 977 g/mol. The molecular weight excluding hydrogens is 926 g/mol. The van der Waals surface area contributed by atoms with Crippen LogP contribution in [0.4, 0.5) is 17.3 Å². The maximum absolute atomic E-state index is 13.1. The summed E-state index contributed by atoms with van der Waals surface area (Å²) in [6, 6.07) is 10.9. The molecule has 332 valence electrons. The highest BCUT2D eigenvalue weighted by molar-refractivity contribution is 9.10. The van der Waals surface area contributed by atoms with Crippen molar-refractivity contribution in [3.8, 4) is 11.1 Å². The van der Waals surface area contributed by atoms with Gasteiger partial charge in [0, 0.05) is 90.5 Å². The summed E-state index contributed by atoms with van der Waals surface area (Å²) in [5.41, 5.74) is 8.86. The Bertz CT molecular complexity index is 2190. The van der Waals surface area contributed by atoms with Crippen molar-refractivity contribution in [1.29, 1.82) is 0 Å². The highest BCUT2D eigenvalue weighted by Crippen LogP contribution is 2.32. The topological polar surface area (TPSA) is 207 Å². The van der Waals surface area contributed by atoms with E-state index in [9.17, 15) is 25.3 Å². The van der Waals surface area contributed by atoms with Crippen molar-refractivity contribution in [2.24, 2.45) is 17.8 Å². The van der Waals surface area contributed by atoms with E-state index in [0.717, 1.165) is 72.4 Å². The number of hydrogen-bond acceptors (Lipinski definition) is 16. The quantitative estimate of drug-likeness (QED) is 0.269. The van der Waals surface area contributed by atoms with Crippen molar-refractivity contribution >= 4 is 72.7 Å². The molecule has 5 aliphatic heterocycles. The van der Waals surface area contributed by atoms with E-state index in [4.69, 9.17) is 40.1 Å². The molecule has 3 aromatic rings. The van der Waals surface area contributed by atoms with Crippen molar-refractivity contribution in [3.63, 3.8) is 0 Å². The average molecular weight is 979 g/mol. The van der Waals surface area contributed by atoms with E-state index in [1.54, 1.807) is 36.7 Å². The Hall–Kier alpha value is -2.66. The molecule has 5 aliphatic rings. The number of hydrogen-bond donors (Lipinski definition) is 1. The summed E-state index contributed by atoms with van der Waals surface area (Å²) < 4.78 is 99.7. The van der Waals surface area contributed by atoms with Crippen LogP contribution in [0.1, 0.15) is 19.3 Å². The number of ether oxygens (including phenoxy) is 5. The molecule has 2 aromatic carbocycles. The van der Waals surface area contributed by atoms with Gasteiger partial charge in [0.15, 0.2) is 19.7 Å². The van der Waals surface area contributed by atoms with E-state index in [1.807, 2.05) is 12.1 Å². The van der Waals surface area contributed by atoms with Gasteiger partial charge in [-0.2, -0.15) is 0 Å². The molecule has 3 unspecified atom stereocenters. The Morgan fingerprint density at radius 3 is 1.45 bits per heavy atom. The van der Waals surface area contributed by atoms with Crippen LogP contribution in [0, 0.1) is 17.8 Å². The molecule has 0 aliphatic carbocycles. The lowest BCUT2D eigenvalue weighted by molar-refractivity contribution is 0.122. The second-order valence-corrected chi connectivity index (χ2v) is 23.2. The number of nitrogen functional groups attached to an aromatic ring is 1. The number of aromatic nitrogens is 2. The van der Waals surface area contributed by atoms with Gasteiger partial charge in [-0.15, -0.1) is 0 Å². The number of nitrogens with zero attached hydrogens (tertiary/aromatic N) is 4. The lowest BCUT2D eigenvalue weighted by Gasteiger charge is -2.29. The second-order valence-electron chi connectivity index (χ2n) is 15.3. The fraction of sp³-hybridized carbons (Fsp3) is 0.590. The largest absolute Gasteiger partial charge is 0.381 e. The van der Waals surface area contributed by atoms with Crippen LogP contribution in [0.5, 0.6) is 0 Å². The van der Waals surface area contributed by atoms with E-state index < -0.39 is 28.7 Å². The molecule has 1 aromatic heterocycles. The van der Waals surface area contributed by atoms with E-state index in [-0.39, 0.29) is 41.0 Å². The molecule has 16 nitrogen and oxygen atoms in total. The average Bonchev–Trinajstić information content (AvgIpc) is 4.04. The standard InChI is InChI=1S/C19H24N4O4S.C15H20BrNO4S.C5H9ClO3S/c20-19-21-10-16(11-22-19)15-7-17(23-2-5-26-6-3-23)9-18(8-15)28(24,25)13-14-1-4-27-12-14;16-13-7-14(17-2-5-20-6-3-17)9-15(8-13)22(18,19)11-12-1-4-21-10-12;6-10(7,8)4-5-1-2-9-3-5/h7-11,14H,1-6,12-13H2,(H2,20,21,22);7-9,12H,1-6,10-11H2;5H,1-4H2. The Kier molecular flexibility index (Phi) is 16.9. The van der Waals surface area contributed by atoms with Gasteiger partial charge in [0.1, 0.15) is 0 Å². The van der Waals surface area contributed by atoms with Gasteiger partial charge in [-0.25, -0.2) is 35.2 Å². The predicted molar refractivity (Wildman–Crippen MR) is 233 cm³/mol. The Balaban J connectivity index is 0.000000167. The first-order valence-corrected chi connectivity index (χ1v) is 26.5. The van der Waals surface area contributed by atoms with Crippen LogP contribution in [0.25, 0.3) is 11.1 Å². The van der Waals surface area contributed by atoms with Gasteiger partial charge >= 0.3 is 0 Å². The Labute approximate surface area is 365 Å². The van der Waals surface area contributed by atoms with Crippen molar-refractivity contribution in [1.82, 2.24) is 9.97 Å². The van der Waals surface area contributed by atoms with E-state index in [1.165, 1.54) is 0 Å². The third-order valence-corrected chi connectivity index (χ3v) is 16.1. The third-order valence-electron chi connectivity index (χ3n) is 10.6. The lowest BCUT2D eigenvalue weighted by Crippen LogP contribution is -2.36. The summed E-state index contributed by atoms with van der Waals surface area (Å²) in [5.74, 6) is 0.749. The predicted octanol–water partition coefficient (Wildman–Crippen LogP) is 4.06. The zero-order chi connectivity index (χ0) is 42.8. The van der Waals surface area contributed by atoms with Crippen LogP contribution in [-0.4, -0.2) is 145 Å². The van der Waals surface area contributed by atoms with Crippen LogP contribution in [0.2, 0.25) is 0 Å². The normalized spacial score (nSPS) is 22.5. The number of rotatable bonds is 11. The third kappa shape index (κ3) is 14.2. The number of benzene rings is 2. The molecular formula is C39H53BrClN5O11S3. The minimum absolute atomic E-state index is 0.0420. The second kappa shape index (κ2) is 21.6. The van der Waals surface area contributed by atoms with E-state index in [0.29, 0.717) is 75.9 Å². The molecule has 6 heterocycles. The summed E-state index contributed by atoms with van der Waals surface area (Å²) in [7, 11) is -5.03. The van der Waals surface area contributed by atoms with Crippen molar-refractivity contribution in [3.05, 3.63) is 53.3 Å². The van der Waals surface area contributed by atoms with Crippen LogP contribution < -0.4 is 15.5 Å². The highest BCUT2D eigenvalue weighted by Gasteiger charge is 2.28. The summed E-state index contributed by atoms with van der Waals surface area (Å²) >= 11 is 3.44. The zero-order valence-electron chi connectivity index (χ0n) is 33.3. The zero-order valence-corrected chi connectivity index (χ0v) is 38.1. The Morgan fingerprint density at radius 1 is 0.583 bits per heavy atom. The fourth-order valence-corrected chi connectivity index (χ4v) is 12.8. The molecule has 0 spiro atoms. The number of nitrogens with two attached hydrogens (primary N) is 1. The van der Waals surface area contributed by atoms with Crippen molar-refractivity contribution in [2.75, 3.05) is 125 Å². The van der Waals surface area contributed by atoms with E-state index in [2.05, 4.69) is 35.7 Å². The smallest absolute Gasteiger partial charge is 0.232 e.